The van der Waals surface area contributed by atoms with E-state index in [-0.39, 0.29) is 34.5 Å². The molecule has 2 aromatic rings. The fourth-order valence-electron chi connectivity index (χ4n) is 3.84. The molecule has 0 saturated carbocycles. The number of hydrogen-bond donors (Lipinski definition) is 0. The van der Waals surface area contributed by atoms with Crippen molar-refractivity contribution in [1.29, 1.82) is 0 Å². The fraction of sp³-hybridized carbons (Fsp3) is 0.565. The van der Waals surface area contributed by atoms with Crippen LogP contribution >= 0.6 is 0 Å². The molecule has 0 unspecified atom stereocenters. The summed E-state index contributed by atoms with van der Waals surface area (Å²) in [6.45, 7) is 4.36. The van der Waals surface area contributed by atoms with Crippen LogP contribution in [-0.4, -0.2) is 13.0 Å². The zero-order valence-electron chi connectivity index (χ0n) is 17.8. The molecule has 0 aliphatic rings. The van der Waals surface area contributed by atoms with Crippen molar-refractivity contribution >= 4 is 20.9 Å². The van der Waals surface area contributed by atoms with Gasteiger partial charge < -0.3 is 4.55 Å². The van der Waals surface area contributed by atoms with E-state index in [2.05, 4.69) is 19.9 Å². The Morgan fingerprint density at radius 2 is 1.39 bits per heavy atom. The third-order valence-corrected chi connectivity index (χ3v) is 6.24. The molecule has 0 amide bonds. The van der Waals surface area contributed by atoms with Gasteiger partial charge in [-0.25, -0.2) is 8.42 Å². The van der Waals surface area contributed by atoms with Crippen LogP contribution in [0.15, 0.2) is 35.2 Å². The van der Waals surface area contributed by atoms with Crippen molar-refractivity contribution in [3.8, 4) is 0 Å². The molecule has 2 rings (SSSR count). The van der Waals surface area contributed by atoms with Crippen LogP contribution in [0, 0.1) is 0 Å². The molecule has 5 heteroatoms. The average molecular weight is 413 g/mol. The summed E-state index contributed by atoms with van der Waals surface area (Å²) < 4.78 is 36.5. The van der Waals surface area contributed by atoms with E-state index >= 15 is 0 Å². The predicted octanol–water partition coefficient (Wildman–Crippen LogP) is 3.38. The second-order valence-corrected chi connectivity index (χ2v) is 8.81. The van der Waals surface area contributed by atoms with Gasteiger partial charge in [-0.1, -0.05) is 89.1 Å². The number of hydrogen-bond acceptors (Lipinski definition) is 3. The van der Waals surface area contributed by atoms with E-state index in [0.29, 0.717) is 11.8 Å². The summed E-state index contributed by atoms with van der Waals surface area (Å²) in [6.07, 6.45) is 11.6. The molecule has 0 fully saturated rings. The van der Waals surface area contributed by atoms with Crippen LogP contribution in [0.4, 0.5) is 0 Å². The third kappa shape index (κ3) is 7.46. The minimum absolute atomic E-state index is 0. The van der Waals surface area contributed by atoms with Crippen LogP contribution in [-0.2, 0) is 23.0 Å². The van der Waals surface area contributed by atoms with E-state index in [0.717, 1.165) is 55.0 Å². The topological polar surface area (TPSA) is 57.2 Å². The number of rotatable bonds is 12. The summed E-state index contributed by atoms with van der Waals surface area (Å²) in [5.74, 6) is 0. The number of unbranched alkanes of at least 4 members (excludes halogenated alkanes) is 7. The predicted molar refractivity (Wildman–Crippen MR) is 112 cm³/mol. The first kappa shape index (κ1) is 25.6. The second kappa shape index (κ2) is 13.0. The maximum atomic E-state index is 12.2. The van der Waals surface area contributed by atoms with Crippen LogP contribution < -0.4 is 29.6 Å². The molecule has 0 aromatic heterocycles. The molecule has 0 heterocycles. The Balaban J connectivity index is 0.00000392. The molecule has 0 saturated heterocycles. The summed E-state index contributed by atoms with van der Waals surface area (Å²) in [5.41, 5.74) is 1.83. The van der Waals surface area contributed by atoms with E-state index in [4.69, 9.17) is 0 Å². The molecule has 0 aliphatic heterocycles. The van der Waals surface area contributed by atoms with Gasteiger partial charge in [-0.05, 0) is 47.6 Å². The largest absolute Gasteiger partial charge is 1.00 e. The smallest absolute Gasteiger partial charge is 0.744 e. The quantitative estimate of drug-likeness (QED) is 0.305. The summed E-state index contributed by atoms with van der Waals surface area (Å²) in [7, 11) is -4.52. The van der Waals surface area contributed by atoms with Gasteiger partial charge in [0.05, 0.1) is 4.90 Å². The van der Waals surface area contributed by atoms with E-state index < -0.39 is 10.1 Å². The maximum Gasteiger partial charge on any atom is 1.00 e. The van der Waals surface area contributed by atoms with E-state index in [1.165, 1.54) is 25.7 Å². The van der Waals surface area contributed by atoms with Crippen molar-refractivity contribution in [3.63, 3.8) is 0 Å². The van der Waals surface area contributed by atoms with Crippen LogP contribution in [0.1, 0.15) is 82.8 Å². The first-order valence-electron chi connectivity index (χ1n) is 10.5. The van der Waals surface area contributed by atoms with Gasteiger partial charge in [0.2, 0.25) is 0 Å². The van der Waals surface area contributed by atoms with Crippen molar-refractivity contribution in [2.75, 3.05) is 0 Å². The molecule has 0 aliphatic carbocycles. The average Bonchev–Trinajstić information content (AvgIpc) is 2.63. The minimum Gasteiger partial charge on any atom is -0.744 e. The Hall–Kier alpha value is -0.390. The first-order valence-corrected chi connectivity index (χ1v) is 11.9. The van der Waals surface area contributed by atoms with Crippen LogP contribution in [0.5, 0.6) is 0 Å². The van der Waals surface area contributed by atoms with Gasteiger partial charge in [0.1, 0.15) is 10.1 Å². The van der Waals surface area contributed by atoms with E-state index in [1.54, 1.807) is 6.07 Å². The summed E-state index contributed by atoms with van der Waals surface area (Å²) in [6, 6.07) is 9.49. The van der Waals surface area contributed by atoms with Crippen LogP contribution in [0.2, 0.25) is 0 Å². The monoisotopic (exact) mass is 412 g/mol. The van der Waals surface area contributed by atoms with Gasteiger partial charge in [-0.15, -0.1) is 0 Å². The van der Waals surface area contributed by atoms with Gasteiger partial charge in [-0.2, -0.15) is 0 Å². The number of aryl methyl sites for hydroxylation is 1. The van der Waals surface area contributed by atoms with Crippen molar-refractivity contribution in [2.45, 2.75) is 89.4 Å². The Kier molecular flexibility index (Phi) is 11.9. The van der Waals surface area contributed by atoms with Crippen molar-refractivity contribution in [3.05, 3.63) is 41.5 Å². The molecule has 0 atom stereocenters. The van der Waals surface area contributed by atoms with Gasteiger partial charge >= 0.3 is 29.6 Å². The van der Waals surface area contributed by atoms with Gasteiger partial charge in [0.15, 0.2) is 0 Å². The summed E-state index contributed by atoms with van der Waals surface area (Å²) >= 11 is 0. The molecule has 28 heavy (non-hydrogen) atoms. The zero-order valence-corrected chi connectivity index (χ0v) is 20.6. The fourth-order valence-corrected chi connectivity index (χ4v) is 4.83. The normalized spacial score (nSPS) is 11.5. The second-order valence-electron chi connectivity index (χ2n) is 7.49. The standard InChI is InChI=1S/C23H34O3S.Na/c1-3-5-7-9-11-16-21-19(14-10-8-6-4-2)18-20-15-12-13-17-22(20)23(21)27(24,25)26;/h12-13,15,17-18H,3-11,14,16H2,1-2H3,(H,24,25,26);/q;+1/p-1. The maximum absolute atomic E-state index is 12.2. The third-order valence-electron chi connectivity index (χ3n) is 5.28. The van der Waals surface area contributed by atoms with Crippen molar-refractivity contribution in [1.82, 2.24) is 0 Å². The molecule has 150 valence electrons. The molecule has 0 N–H and O–H groups in total. The number of fused-ring (bicyclic) bond motifs is 1. The Labute approximate surface area is 193 Å². The Morgan fingerprint density at radius 3 is 2.04 bits per heavy atom. The van der Waals surface area contributed by atoms with Gasteiger partial charge in [0, 0.05) is 0 Å². The molecule has 0 radical (unpaired) electrons. The van der Waals surface area contributed by atoms with Gasteiger partial charge in [-0.3, -0.25) is 0 Å². The van der Waals surface area contributed by atoms with E-state index in [1.807, 2.05) is 18.2 Å². The van der Waals surface area contributed by atoms with Crippen LogP contribution in [0.25, 0.3) is 10.8 Å². The van der Waals surface area contributed by atoms with E-state index in [9.17, 15) is 13.0 Å². The SMILES string of the molecule is CCCCCCCc1c(CCCCCC)cc2ccccc2c1S(=O)(=O)[O-].[Na+]. The molecular formula is C23H33NaO3S. The van der Waals surface area contributed by atoms with Crippen LogP contribution in [0.3, 0.4) is 0 Å². The molecule has 0 bridgehead atoms. The number of benzene rings is 2. The minimum atomic E-state index is -4.52. The molecule has 2 aromatic carbocycles. The molecular weight excluding hydrogens is 379 g/mol. The van der Waals surface area contributed by atoms with Crippen molar-refractivity contribution < 1.29 is 42.5 Å². The molecule has 0 spiro atoms. The summed E-state index contributed by atoms with van der Waals surface area (Å²) in [5, 5.41) is 1.43. The zero-order chi connectivity index (χ0) is 19.7. The Bertz CT molecular complexity index is 831. The first-order chi connectivity index (χ1) is 13.0. The van der Waals surface area contributed by atoms with Gasteiger partial charge in [0.25, 0.3) is 0 Å². The summed E-state index contributed by atoms with van der Waals surface area (Å²) in [4.78, 5) is 0.0292. The molecule has 3 nitrogen and oxygen atoms in total. The van der Waals surface area contributed by atoms with Crippen molar-refractivity contribution in [2.24, 2.45) is 0 Å². The Morgan fingerprint density at radius 1 is 0.821 bits per heavy atom.